The van der Waals surface area contributed by atoms with E-state index in [0.717, 1.165) is 11.4 Å². The van der Waals surface area contributed by atoms with E-state index in [9.17, 15) is 0 Å². The predicted molar refractivity (Wildman–Crippen MR) is 63.1 cm³/mol. The van der Waals surface area contributed by atoms with Crippen LogP contribution in [-0.4, -0.2) is 14.8 Å². The van der Waals surface area contributed by atoms with E-state index in [0.29, 0.717) is 11.1 Å². The maximum absolute atomic E-state index is 6.11. The topological polar surface area (TPSA) is 30.7 Å². The third-order valence-electron chi connectivity index (χ3n) is 2.95. The number of hydrogen-bond donors (Lipinski definition) is 0. The molecule has 2 heterocycles. The normalized spacial score (nSPS) is 15.4. The van der Waals surface area contributed by atoms with Gasteiger partial charge in [0.1, 0.15) is 5.69 Å². The van der Waals surface area contributed by atoms with Gasteiger partial charge in [-0.15, -0.1) is 0 Å². The van der Waals surface area contributed by atoms with Gasteiger partial charge in [0.15, 0.2) is 5.15 Å². The van der Waals surface area contributed by atoms with Crippen molar-refractivity contribution < 1.29 is 0 Å². The third-order valence-corrected chi connectivity index (χ3v) is 3.24. The van der Waals surface area contributed by atoms with E-state index in [1.807, 2.05) is 23.9 Å². The molecule has 0 amide bonds. The number of pyridine rings is 1. The monoisotopic (exact) mass is 233 g/mol. The summed E-state index contributed by atoms with van der Waals surface area (Å²) in [7, 11) is 0. The van der Waals surface area contributed by atoms with E-state index in [4.69, 9.17) is 11.6 Å². The second-order valence-electron chi connectivity index (χ2n) is 4.24. The molecule has 0 spiro atoms. The molecule has 1 aliphatic carbocycles. The summed E-state index contributed by atoms with van der Waals surface area (Å²) < 4.78 is 1.83. The first-order valence-electron chi connectivity index (χ1n) is 5.42. The smallest absolute Gasteiger partial charge is 0.154 e. The Kier molecular flexibility index (Phi) is 2.21. The Bertz CT molecular complexity index is 529. The summed E-state index contributed by atoms with van der Waals surface area (Å²) >= 11 is 6.11. The molecule has 2 aromatic heterocycles. The molecule has 16 heavy (non-hydrogen) atoms. The van der Waals surface area contributed by atoms with Gasteiger partial charge in [-0.2, -0.15) is 5.10 Å². The van der Waals surface area contributed by atoms with Crippen LogP contribution in [0.4, 0.5) is 0 Å². The third kappa shape index (κ3) is 1.61. The van der Waals surface area contributed by atoms with Gasteiger partial charge in [-0.25, -0.2) is 9.67 Å². The minimum atomic E-state index is 0.510. The molecule has 82 valence electrons. The highest BCUT2D eigenvalue weighted by Gasteiger charge is 2.25. The van der Waals surface area contributed by atoms with Gasteiger partial charge in [0.2, 0.25) is 0 Å². The van der Waals surface area contributed by atoms with Crippen molar-refractivity contribution in [3.63, 3.8) is 0 Å². The SMILES string of the molecule is Cc1ccnn1-c1cc(C2CC2)cnc1Cl. The van der Waals surface area contributed by atoms with Crippen molar-refractivity contribution in [1.82, 2.24) is 14.8 Å². The fourth-order valence-electron chi connectivity index (χ4n) is 1.86. The number of aromatic nitrogens is 3. The van der Waals surface area contributed by atoms with Crippen LogP contribution in [0.15, 0.2) is 24.5 Å². The Morgan fingerprint density at radius 3 is 2.88 bits per heavy atom. The largest absolute Gasteiger partial charge is 0.242 e. The van der Waals surface area contributed by atoms with Crippen molar-refractivity contribution >= 4 is 11.6 Å². The highest BCUT2D eigenvalue weighted by molar-refractivity contribution is 6.31. The van der Waals surface area contributed by atoms with Crippen LogP contribution >= 0.6 is 11.6 Å². The first kappa shape index (κ1) is 9.85. The number of aryl methyl sites for hydroxylation is 1. The molecule has 0 aliphatic heterocycles. The molecule has 0 bridgehead atoms. The fourth-order valence-corrected chi connectivity index (χ4v) is 2.05. The van der Waals surface area contributed by atoms with Crippen LogP contribution in [0.25, 0.3) is 5.69 Å². The number of rotatable bonds is 2. The van der Waals surface area contributed by atoms with Crippen molar-refractivity contribution in [3.8, 4) is 5.69 Å². The Labute approximate surface area is 99.1 Å². The molecule has 0 N–H and O–H groups in total. The summed E-state index contributed by atoms with van der Waals surface area (Å²) in [6.45, 7) is 2.01. The molecule has 4 heteroatoms. The van der Waals surface area contributed by atoms with E-state index >= 15 is 0 Å². The van der Waals surface area contributed by atoms with Crippen LogP contribution in [-0.2, 0) is 0 Å². The molecule has 2 aromatic rings. The molecular weight excluding hydrogens is 222 g/mol. The van der Waals surface area contributed by atoms with Gasteiger partial charge in [0.05, 0.1) is 0 Å². The fraction of sp³-hybridized carbons (Fsp3) is 0.333. The Morgan fingerprint density at radius 2 is 2.25 bits per heavy atom. The van der Waals surface area contributed by atoms with Gasteiger partial charge in [0, 0.05) is 18.1 Å². The summed E-state index contributed by atoms with van der Waals surface area (Å²) in [5.41, 5.74) is 3.22. The van der Waals surface area contributed by atoms with Gasteiger partial charge in [0.25, 0.3) is 0 Å². The van der Waals surface area contributed by atoms with Gasteiger partial charge < -0.3 is 0 Å². The molecule has 0 atom stereocenters. The standard InChI is InChI=1S/C12H12ClN3/c1-8-4-5-15-16(8)11-6-10(9-2-3-9)7-14-12(11)13/h4-7,9H,2-3H2,1H3. The molecule has 0 aromatic carbocycles. The highest BCUT2D eigenvalue weighted by atomic mass is 35.5. The second kappa shape index (κ2) is 3.59. The average Bonchev–Trinajstić information content (AvgIpc) is 3.03. The van der Waals surface area contributed by atoms with Crippen LogP contribution in [0.1, 0.15) is 30.0 Å². The lowest BCUT2D eigenvalue weighted by molar-refractivity contribution is 0.837. The molecule has 0 radical (unpaired) electrons. The van der Waals surface area contributed by atoms with Crippen molar-refractivity contribution in [2.24, 2.45) is 0 Å². The molecule has 1 saturated carbocycles. The summed E-state index contributed by atoms with van der Waals surface area (Å²) in [5.74, 6) is 0.680. The molecule has 1 fully saturated rings. The van der Waals surface area contributed by atoms with Crippen LogP contribution in [0.5, 0.6) is 0 Å². The molecule has 3 rings (SSSR count). The Hall–Kier alpha value is -1.35. The van der Waals surface area contributed by atoms with Crippen molar-refractivity contribution in [3.05, 3.63) is 40.9 Å². The number of nitrogens with zero attached hydrogens (tertiary/aromatic N) is 3. The Balaban J connectivity index is 2.11. The van der Waals surface area contributed by atoms with Crippen LogP contribution in [0.2, 0.25) is 5.15 Å². The summed E-state index contributed by atoms with van der Waals surface area (Å²) in [5, 5.41) is 4.77. The maximum Gasteiger partial charge on any atom is 0.154 e. The van der Waals surface area contributed by atoms with E-state index in [1.165, 1.54) is 18.4 Å². The molecule has 0 unspecified atom stereocenters. The van der Waals surface area contributed by atoms with Gasteiger partial charge in [-0.1, -0.05) is 11.6 Å². The number of halogens is 1. The molecular formula is C12H12ClN3. The quantitative estimate of drug-likeness (QED) is 0.747. The second-order valence-corrected chi connectivity index (χ2v) is 4.60. The lowest BCUT2D eigenvalue weighted by Gasteiger charge is -2.08. The molecule has 3 nitrogen and oxygen atoms in total. The van der Waals surface area contributed by atoms with E-state index in [2.05, 4.69) is 16.1 Å². The Morgan fingerprint density at radius 1 is 1.44 bits per heavy atom. The zero-order valence-corrected chi connectivity index (χ0v) is 9.78. The van der Waals surface area contributed by atoms with Gasteiger partial charge in [-0.05, 0) is 43.4 Å². The molecule has 0 saturated heterocycles. The maximum atomic E-state index is 6.11. The minimum Gasteiger partial charge on any atom is -0.242 e. The first-order valence-corrected chi connectivity index (χ1v) is 5.80. The van der Waals surface area contributed by atoms with Gasteiger partial charge in [-0.3, -0.25) is 0 Å². The minimum absolute atomic E-state index is 0.510. The van der Waals surface area contributed by atoms with Crippen LogP contribution in [0, 0.1) is 6.92 Å². The summed E-state index contributed by atoms with van der Waals surface area (Å²) in [6.07, 6.45) is 6.18. The predicted octanol–water partition coefficient (Wildman–Crippen LogP) is 3.11. The van der Waals surface area contributed by atoms with Gasteiger partial charge >= 0.3 is 0 Å². The zero-order chi connectivity index (χ0) is 11.1. The highest BCUT2D eigenvalue weighted by Crippen LogP contribution is 2.40. The van der Waals surface area contributed by atoms with Crippen molar-refractivity contribution in [1.29, 1.82) is 0 Å². The summed E-state index contributed by atoms with van der Waals surface area (Å²) in [6, 6.07) is 4.06. The average molecular weight is 234 g/mol. The van der Waals surface area contributed by atoms with E-state index < -0.39 is 0 Å². The number of hydrogen-bond acceptors (Lipinski definition) is 2. The summed E-state index contributed by atoms with van der Waals surface area (Å²) in [4.78, 5) is 4.24. The van der Waals surface area contributed by atoms with E-state index in [1.54, 1.807) is 6.20 Å². The zero-order valence-electron chi connectivity index (χ0n) is 9.02. The van der Waals surface area contributed by atoms with Crippen molar-refractivity contribution in [2.75, 3.05) is 0 Å². The lowest BCUT2D eigenvalue weighted by Crippen LogP contribution is -2.01. The van der Waals surface area contributed by atoms with Crippen LogP contribution in [0.3, 0.4) is 0 Å². The van der Waals surface area contributed by atoms with Crippen molar-refractivity contribution in [2.45, 2.75) is 25.7 Å². The first-order chi connectivity index (χ1) is 7.75. The van der Waals surface area contributed by atoms with Crippen LogP contribution < -0.4 is 0 Å². The lowest BCUT2D eigenvalue weighted by atomic mass is 10.2. The molecule has 1 aliphatic rings. The van der Waals surface area contributed by atoms with E-state index in [-0.39, 0.29) is 0 Å².